The van der Waals surface area contributed by atoms with Gasteiger partial charge in [0.25, 0.3) is 0 Å². The maximum Gasteiger partial charge on any atom is 0.227 e. The Morgan fingerprint density at radius 1 is 1.35 bits per heavy atom. The van der Waals surface area contributed by atoms with Crippen molar-refractivity contribution in [2.24, 2.45) is 5.92 Å². The van der Waals surface area contributed by atoms with E-state index in [-0.39, 0.29) is 24.2 Å². The van der Waals surface area contributed by atoms with Gasteiger partial charge in [0, 0.05) is 42.6 Å². The first-order chi connectivity index (χ1) is 11.1. The summed E-state index contributed by atoms with van der Waals surface area (Å²) in [5.41, 5.74) is 1.65. The zero-order chi connectivity index (χ0) is 16.2. The standard InChI is InChI=1S/C17H16ClN3O2/c18-14-4-1-5-15(8-14)21-11-13(7-16(21)22)17(23)20-10-12-3-2-6-19-9-12/h1-6,8-9,13H,7,10-11H2,(H,20,23)/t13-/m1/s1. The molecule has 3 rings (SSSR count). The number of rotatable bonds is 4. The third kappa shape index (κ3) is 3.68. The fourth-order valence-corrected chi connectivity index (χ4v) is 2.80. The van der Waals surface area contributed by atoms with Crippen molar-refractivity contribution in [2.45, 2.75) is 13.0 Å². The fourth-order valence-electron chi connectivity index (χ4n) is 2.61. The van der Waals surface area contributed by atoms with Gasteiger partial charge in [-0.15, -0.1) is 0 Å². The third-order valence-electron chi connectivity index (χ3n) is 3.81. The maximum atomic E-state index is 12.3. The van der Waals surface area contributed by atoms with Crippen LogP contribution in [0.4, 0.5) is 5.69 Å². The number of hydrogen-bond donors (Lipinski definition) is 1. The number of halogens is 1. The van der Waals surface area contributed by atoms with Gasteiger partial charge in [-0.2, -0.15) is 0 Å². The van der Waals surface area contributed by atoms with Crippen molar-refractivity contribution in [1.29, 1.82) is 0 Å². The van der Waals surface area contributed by atoms with E-state index in [1.54, 1.807) is 35.5 Å². The predicted octanol–water partition coefficient (Wildman–Crippen LogP) is 2.40. The van der Waals surface area contributed by atoms with Crippen LogP contribution in [0.5, 0.6) is 0 Å². The summed E-state index contributed by atoms with van der Waals surface area (Å²) < 4.78 is 0. The largest absolute Gasteiger partial charge is 0.352 e. The molecule has 23 heavy (non-hydrogen) atoms. The molecular formula is C17H16ClN3O2. The number of carbonyl (C=O) groups is 2. The Morgan fingerprint density at radius 3 is 2.96 bits per heavy atom. The summed E-state index contributed by atoms with van der Waals surface area (Å²) in [6.45, 7) is 0.784. The summed E-state index contributed by atoms with van der Waals surface area (Å²) in [5.74, 6) is -0.529. The molecule has 1 aromatic carbocycles. The van der Waals surface area contributed by atoms with Gasteiger partial charge in [-0.1, -0.05) is 23.7 Å². The monoisotopic (exact) mass is 329 g/mol. The molecule has 0 bridgehead atoms. The van der Waals surface area contributed by atoms with Gasteiger partial charge < -0.3 is 10.2 Å². The lowest BCUT2D eigenvalue weighted by atomic mass is 10.1. The van der Waals surface area contributed by atoms with E-state index in [1.165, 1.54) is 0 Å². The van der Waals surface area contributed by atoms with Crippen LogP contribution in [0.15, 0.2) is 48.8 Å². The van der Waals surface area contributed by atoms with Crippen molar-refractivity contribution in [3.8, 4) is 0 Å². The molecule has 6 heteroatoms. The number of nitrogens with zero attached hydrogens (tertiary/aromatic N) is 2. The SMILES string of the molecule is O=C(NCc1cccnc1)[C@@H]1CC(=O)N(c2cccc(Cl)c2)C1. The van der Waals surface area contributed by atoms with Gasteiger partial charge in [0.1, 0.15) is 0 Å². The van der Waals surface area contributed by atoms with Gasteiger partial charge in [-0.05, 0) is 29.8 Å². The van der Waals surface area contributed by atoms with Crippen molar-refractivity contribution in [3.63, 3.8) is 0 Å². The average molecular weight is 330 g/mol. The lowest BCUT2D eigenvalue weighted by Gasteiger charge is -2.17. The lowest BCUT2D eigenvalue weighted by molar-refractivity contribution is -0.126. The second-order valence-electron chi connectivity index (χ2n) is 5.46. The summed E-state index contributed by atoms with van der Waals surface area (Å²) in [6.07, 6.45) is 3.60. The number of amides is 2. The van der Waals surface area contributed by atoms with Crippen LogP contribution in [0.25, 0.3) is 0 Å². The first-order valence-electron chi connectivity index (χ1n) is 7.36. The third-order valence-corrected chi connectivity index (χ3v) is 4.04. The van der Waals surface area contributed by atoms with Crippen LogP contribution in [-0.2, 0) is 16.1 Å². The Morgan fingerprint density at radius 2 is 2.22 bits per heavy atom. The van der Waals surface area contributed by atoms with Gasteiger partial charge in [0.2, 0.25) is 11.8 Å². The van der Waals surface area contributed by atoms with Crippen LogP contribution in [0.3, 0.4) is 0 Å². The zero-order valence-electron chi connectivity index (χ0n) is 12.4. The van der Waals surface area contributed by atoms with E-state index in [0.29, 0.717) is 18.1 Å². The fraction of sp³-hybridized carbons (Fsp3) is 0.235. The molecule has 118 valence electrons. The quantitative estimate of drug-likeness (QED) is 0.937. The molecule has 1 fully saturated rings. The summed E-state index contributed by atoms with van der Waals surface area (Å²) in [5, 5.41) is 3.43. The highest BCUT2D eigenvalue weighted by atomic mass is 35.5. The second-order valence-corrected chi connectivity index (χ2v) is 5.90. The summed E-state index contributed by atoms with van der Waals surface area (Å²) in [7, 11) is 0. The van der Waals surface area contributed by atoms with Gasteiger partial charge in [0.05, 0.1) is 5.92 Å². The smallest absolute Gasteiger partial charge is 0.227 e. The maximum absolute atomic E-state index is 12.3. The molecule has 5 nitrogen and oxygen atoms in total. The average Bonchev–Trinajstić information content (AvgIpc) is 2.95. The molecule has 2 aromatic rings. The molecule has 1 aromatic heterocycles. The molecule has 1 saturated heterocycles. The molecule has 2 amide bonds. The minimum absolute atomic E-state index is 0.0613. The number of anilines is 1. The minimum Gasteiger partial charge on any atom is -0.352 e. The van der Waals surface area contributed by atoms with Gasteiger partial charge >= 0.3 is 0 Å². The van der Waals surface area contributed by atoms with Gasteiger partial charge in [0.15, 0.2) is 0 Å². The van der Waals surface area contributed by atoms with E-state index in [0.717, 1.165) is 11.3 Å². The molecule has 1 aliphatic rings. The number of carbonyl (C=O) groups excluding carboxylic acids is 2. The highest BCUT2D eigenvalue weighted by molar-refractivity contribution is 6.30. The van der Waals surface area contributed by atoms with Gasteiger partial charge in [-0.25, -0.2) is 0 Å². The number of benzene rings is 1. The van der Waals surface area contributed by atoms with Crippen molar-refractivity contribution in [1.82, 2.24) is 10.3 Å². The molecule has 1 N–H and O–H groups in total. The van der Waals surface area contributed by atoms with Crippen molar-refractivity contribution in [2.75, 3.05) is 11.4 Å². The molecule has 0 saturated carbocycles. The van der Waals surface area contributed by atoms with Crippen LogP contribution in [0.2, 0.25) is 5.02 Å². The Kier molecular flexibility index (Phi) is 4.57. The molecule has 2 heterocycles. The Bertz CT molecular complexity index is 721. The predicted molar refractivity (Wildman–Crippen MR) is 88.0 cm³/mol. The summed E-state index contributed by atoms with van der Waals surface area (Å²) in [6, 6.07) is 10.8. The van der Waals surface area contributed by atoms with Crippen LogP contribution in [0.1, 0.15) is 12.0 Å². The molecular weight excluding hydrogens is 314 g/mol. The van der Waals surface area contributed by atoms with Crippen molar-refractivity contribution in [3.05, 3.63) is 59.4 Å². The Balaban J connectivity index is 1.62. The van der Waals surface area contributed by atoms with Crippen LogP contribution < -0.4 is 10.2 Å². The van der Waals surface area contributed by atoms with E-state index in [9.17, 15) is 9.59 Å². The molecule has 0 spiro atoms. The highest BCUT2D eigenvalue weighted by Crippen LogP contribution is 2.27. The summed E-state index contributed by atoms with van der Waals surface area (Å²) >= 11 is 5.96. The van der Waals surface area contributed by atoms with E-state index in [1.807, 2.05) is 18.2 Å². The normalized spacial score (nSPS) is 17.3. The topological polar surface area (TPSA) is 62.3 Å². The van der Waals surface area contributed by atoms with E-state index >= 15 is 0 Å². The first kappa shape index (κ1) is 15.5. The van der Waals surface area contributed by atoms with Gasteiger partial charge in [-0.3, -0.25) is 14.6 Å². The number of pyridine rings is 1. The zero-order valence-corrected chi connectivity index (χ0v) is 13.2. The van der Waals surface area contributed by atoms with E-state index < -0.39 is 0 Å². The molecule has 0 unspecified atom stereocenters. The van der Waals surface area contributed by atoms with E-state index in [2.05, 4.69) is 10.3 Å². The molecule has 0 aliphatic carbocycles. The van der Waals surface area contributed by atoms with E-state index in [4.69, 9.17) is 11.6 Å². The Labute approximate surface area is 139 Å². The highest BCUT2D eigenvalue weighted by Gasteiger charge is 2.35. The van der Waals surface area contributed by atoms with Crippen LogP contribution in [-0.4, -0.2) is 23.3 Å². The summed E-state index contributed by atoms with van der Waals surface area (Å²) in [4.78, 5) is 30.1. The molecule has 1 aliphatic heterocycles. The lowest BCUT2D eigenvalue weighted by Crippen LogP contribution is -2.32. The van der Waals surface area contributed by atoms with Crippen LogP contribution >= 0.6 is 11.6 Å². The Hall–Kier alpha value is -2.40. The number of nitrogens with one attached hydrogen (secondary N) is 1. The second kappa shape index (κ2) is 6.79. The van der Waals surface area contributed by atoms with Crippen molar-refractivity contribution >= 4 is 29.1 Å². The van der Waals surface area contributed by atoms with Crippen molar-refractivity contribution < 1.29 is 9.59 Å². The van der Waals surface area contributed by atoms with Crippen LogP contribution in [0, 0.1) is 5.92 Å². The minimum atomic E-state index is -0.349. The first-order valence-corrected chi connectivity index (χ1v) is 7.74. The molecule has 1 atom stereocenters. The number of aromatic nitrogens is 1. The number of hydrogen-bond acceptors (Lipinski definition) is 3. The molecule has 0 radical (unpaired) electrons.